The Hall–Kier alpha value is -0.960. The zero-order valence-corrected chi connectivity index (χ0v) is 15.3. The van der Waals surface area contributed by atoms with Crippen molar-refractivity contribution in [3.05, 3.63) is 47.5 Å². The molecule has 0 aliphatic carbocycles. The quantitative estimate of drug-likeness (QED) is 0.534. The summed E-state index contributed by atoms with van der Waals surface area (Å²) in [6.07, 6.45) is -7.88. The first-order chi connectivity index (χ1) is 11.1. The monoisotopic (exact) mass is 424 g/mol. The standard InChI is InChI=1S/C16H18F6N2.2ClH/c1-2-3-14(24-6-4-23-5-7-24)11-8-12(15(17,18)19)10-13(9-11)16(20,21)22;;/h2,8-10,14,23H,1,3-7H2;2*1H/t14-;;/m1../s1. The molecule has 0 aromatic heterocycles. The molecule has 2 nitrogen and oxygen atoms in total. The summed E-state index contributed by atoms with van der Waals surface area (Å²) in [7, 11) is 0. The third-order valence-electron chi connectivity index (χ3n) is 3.98. The van der Waals surface area contributed by atoms with Gasteiger partial charge in [-0.15, -0.1) is 31.4 Å². The summed E-state index contributed by atoms with van der Waals surface area (Å²) in [5, 5.41) is 3.11. The lowest BCUT2D eigenvalue weighted by Gasteiger charge is -2.35. The number of halogens is 8. The second kappa shape index (κ2) is 9.82. The predicted octanol–water partition coefficient (Wildman–Crippen LogP) is 5.09. The number of rotatable bonds is 4. The largest absolute Gasteiger partial charge is 0.416 e. The topological polar surface area (TPSA) is 15.3 Å². The first-order valence-corrected chi connectivity index (χ1v) is 7.48. The Balaban J connectivity index is 0.00000312. The number of hydrogen-bond donors (Lipinski definition) is 1. The fourth-order valence-electron chi connectivity index (χ4n) is 2.82. The second-order valence-electron chi connectivity index (χ2n) is 5.67. The van der Waals surface area contributed by atoms with Crippen molar-refractivity contribution in [2.45, 2.75) is 24.8 Å². The van der Waals surface area contributed by atoms with E-state index in [0.29, 0.717) is 26.2 Å². The van der Waals surface area contributed by atoms with E-state index in [2.05, 4.69) is 11.9 Å². The lowest BCUT2D eigenvalue weighted by Crippen LogP contribution is -2.45. The minimum atomic E-state index is -4.84. The summed E-state index contributed by atoms with van der Waals surface area (Å²) in [4.78, 5) is 1.88. The molecule has 1 atom stereocenters. The highest BCUT2D eigenvalue weighted by atomic mass is 35.5. The van der Waals surface area contributed by atoms with Crippen molar-refractivity contribution >= 4 is 24.8 Å². The zero-order valence-electron chi connectivity index (χ0n) is 13.7. The fourth-order valence-corrected chi connectivity index (χ4v) is 2.82. The van der Waals surface area contributed by atoms with Crippen LogP contribution >= 0.6 is 24.8 Å². The van der Waals surface area contributed by atoms with E-state index in [4.69, 9.17) is 0 Å². The van der Waals surface area contributed by atoms with Crippen molar-refractivity contribution in [1.29, 1.82) is 0 Å². The third kappa shape index (κ3) is 6.33. The van der Waals surface area contributed by atoms with Gasteiger partial charge in [-0.05, 0) is 30.2 Å². The van der Waals surface area contributed by atoms with E-state index >= 15 is 0 Å². The van der Waals surface area contributed by atoms with Crippen LogP contribution in [-0.4, -0.2) is 31.1 Å². The van der Waals surface area contributed by atoms with Gasteiger partial charge < -0.3 is 5.32 Å². The summed E-state index contributed by atoms with van der Waals surface area (Å²) in [6, 6.07) is 1.22. The van der Waals surface area contributed by atoms with Gasteiger partial charge in [0.25, 0.3) is 0 Å². The molecule has 150 valence electrons. The number of nitrogens with one attached hydrogen (secondary N) is 1. The van der Waals surface area contributed by atoms with Crippen LogP contribution in [0.25, 0.3) is 0 Å². The minimum Gasteiger partial charge on any atom is -0.314 e. The lowest BCUT2D eigenvalue weighted by molar-refractivity contribution is -0.143. The molecule has 1 aliphatic rings. The molecule has 1 N–H and O–H groups in total. The molecular formula is C16H20Cl2F6N2. The molecule has 0 unspecified atom stereocenters. The number of alkyl halides is 6. The molecule has 0 bridgehead atoms. The zero-order chi connectivity index (χ0) is 18.0. The van der Waals surface area contributed by atoms with Crippen LogP contribution in [0.2, 0.25) is 0 Å². The van der Waals surface area contributed by atoms with Crippen molar-refractivity contribution < 1.29 is 26.3 Å². The maximum Gasteiger partial charge on any atom is 0.416 e. The van der Waals surface area contributed by atoms with Crippen molar-refractivity contribution in [2.24, 2.45) is 0 Å². The van der Waals surface area contributed by atoms with Crippen LogP contribution < -0.4 is 5.32 Å². The number of nitrogens with zero attached hydrogens (tertiary/aromatic N) is 1. The van der Waals surface area contributed by atoms with Crippen molar-refractivity contribution in [2.75, 3.05) is 26.2 Å². The molecule has 1 heterocycles. The third-order valence-corrected chi connectivity index (χ3v) is 3.98. The summed E-state index contributed by atoms with van der Waals surface area (Å²) in [5.41, 5.74) is -2.55. The summed E-state index contributed by atoms with van der Waals surface area (Å²) < 4.78 is 78.1. The normalized spacial score (nSPS) is 17.0. The number of hydrogen-bond acceptors (Lipinski definition) is 2. The molecule has 10 heteroatoms. The van der Waals surface area contributed by atoms with E-state index in [-0.39, 0.29) is 42.9 Å². The average Bonchev–Trinajstić information content (AvgIpc) is 2.51. The maximum atomic E-state index is 13.0. The van der Waals surface area contributed by atoms with Crippen molar-refractivity contribution in [3.8, 4) is 0 Å². The molecule has 1 aliphatic heterocycles. The Bertz CT molecular complexity index is 551. The Labute approximate surface area is 160 Å². The first kappa shape index (κ1) is 25.0. The Morgan fingerprint density at radius 1 is 0.962 bits per heavy atom. The van der Waals surface area contributed by atoms with Crippen LogP contribution in [0, 0.1) is 0 Å². The van der Waals surface area contributed by atoms with Gasteiger partial charge in [0.05, 0.1) is 11.1 Å². The molecule has 1 aromatic carbocycles. The summed E-state index contributed by atoms with van der Waals surface area (Å²) >= 11 is 0. The molecule has 2 rings (SSSR count). The van der Waals surface area contributed by atoms with Crippen LogP contribution in [0.1, 0.15) is 29.2 Å². The molecule has 0 amide bonds. The van der Waals surface area contributed by atoms with Gasteiger partial charge >= 0.3 is 12.4 Å². The van der Waals surface area contributed by atoms with Gasteiger partial charge in [-0.2, -0.15) is 26.3 Å². The molecule has 0 spiro atoms. The second-order valence-corrected chi connectivity index (χ2v) is 5.67. The highest BCUT2D eigenvalue weighted by molar-refractivity contribution is 5.85. The molecule has 0 saturated carbocycles. The van der Waals surface area contributed by atoms with E-state index in [1.165, 1.54) is 6.08 Å². The van der Waals surface area contributed by atoms with Crippen LogP contribution in [-0.2, 0) is 12.4 Å². The van der Waals surface area contributed by atoms with Crippen molar-refractivity contribution in [3.63, 3.8) is 0 Å². The van der Waals surface area contributed by atoms with Crippen LogP contribution in [0.4, 0.5) is 26.3 Å². The van der Waals surface area contributed by atoms with E-state index in [1.807, 2.05) is 4.90 Å². The number of benzene rings is 1. The van der Waals surface area contributed by atoms with Gasteiger partial charge in [0.15, 0.2) is 0 Å². The SMILES string of the molecule is C=CC[C@H](c1cc(C(F)(F)F)cc(C(F)(F)F)c1)N1CCNCC1.Cl.Cl. The van der Waals surface area contributed by atoms with Crippen LogP contribution in [0.3, 0.4) is 0 Å². The predicted molar refractivity (Wildman–Crippen MR) is 92.9 cm³/mol. The van der Waals surface area contributed by atoms with Gasteiger partial charge in [0.2, 0.25) is 0 Å². The molecule has 0 radical (unpaired) electrons. The average molecular weight is 425 g/mol. The van der Waals surface area contributed by atoms with Crippen LogP contribution in [0.5, 0.6) is 0 Å². The van der Waals surface area contributed by atoms with Crippen LogP contribution in [0.15, 0.2) is 30.9 Å². The fraction of sp³-hybridized carbons (Fsp3) is 0.500. The molecule has 1 saturated heterocycles. The van der Waals surface area contributed by atoms with Gasteiger partial charge in [0, 0.05) is 32.2 Å². The Morgan fingerprint density at radius 2 is 1.42 bits per heavy atom. The molecular weight excluding hydrogens is 405 g/mol. The van der Waals surface area contributed by atoms with Gasteiger partial charge in [-0.1, -0.05) is 6.08 Å². The van der Waals surface area contributed by atoms with Gasteiger partial charge in [-0.3, -0.25) is 4.90 Å². The van der Waals surface area contributed by atoms with Crippen molar-refractivity contribution in [1.82, 2.24) is 10.2 Å². The van der Waals surface area contributed by atoms with E-state index < -0.39 is 29.5 Å². The summed E-state index contributed by atoms with van der Waals surface area (Å²) in [5.74, 6) is 0. The number of piperazine rings is 1. The highest BCUT2D eigenvalue weighted by Gasteiger charge is 2.38. The summed E-state index contributed by atoms with van der Waals surface area (Å²) in [6.45, 7) is 5.96. The van der Waals surface area contributed by atoms with E-state index in [0.717, 1.165) is 12.1 Å². The smallest absolute Gasteiger partial charge is 0.314 e. The van der Waals surface area contributed by atoms with Gasteiger partial charge in [-0.25, -0.2) is 0 Å². The van der Waals surface area contributed by atoms with E-state index in [1.54, 1.807) is 0 Å². The molecule has 1 aromatic rings. The Morgan fingerprint density at radius 3 is 1.81 bits per heavy atom. The first-order valence-electron chi connectivity index (χ1n) is 7.48. The highest BCUT2D eigenvalue weighted by Crippen LogP contribution is 2.39. The maximum absolute atomic E-state index is 13.0. The minimum absolute atomic E-state index is 0. The van der Waals surface area contributed by atoms with E-state index in [9.17, 15) is 26.3 Å². The van der Waals surface area contributed by atoms with Gasteiger partial charge in [0.1, 0.15) is 0 Å². The molecule has 1 fully saturated rings. The lowest BCUT2D eigenvalue weighted by atomic mass is 9.96. The Kier molecular flexibility index (Phi) is 9.46. The molecule has 26 heavy (non-hydrogen) atoms.